The van der Waals surface area contributed by atoms with Gasteiger partial charge in [0.2, 0.25) is 0 Å². The Morgan fingerprint density at radius 1 is 1.13 bits per heavy atom. The Balaban J connectivity index is 2.02. The Bertz CT molecular complexity index is 225. The molecule has 0 amide bonds. The third-order valence-corrected chi connectivity index (χ3v) is 5.25. The van der Waals surface area contributed by atoms with Gasteiger partial charge in [0.15, 0.2) is 0 Å². The van der Waals surface area contributed by atoms with Crippen LogP contribution in [0.1, 0.15) is 59.3 Å². The van der Waals surface area contributed by atoms with E-state index in [2.05, 4.69) is 36.7 Å². The van der Waals surface area contributed by atoms with E-state index in [9.17, 15) is 0 Å². The molecule has 2 heteroatoms. The molecule has 0 saturated heterocycles. The van der Waals surface area contributed by atoms with Crippen molar-refractivity contribution in [2.24, 2.45) is 5.41 Å². The zero-order valence-electron chi connectivity index (χ0n) is 10.2. The molecule has 1 spiro atoms. The maximum Gasteiger partial charge on any atom is 0.0660 e. The molecule has 2 fully saturated rings. The number of rotatable bonds is 1. The quantitative estimate of drug-likeness (QED) is 0.649. The Morgan fingerprint density at radius 3 is 2.20 bits per heavy atom. The van der Waals surface area contributed by atoms with Crippen molar-refractivity contribution in [1.29, 1.82) is 0 Å². The highest BCUT2D eigenvalue weighted by atomic mass is 79.9. The Labute approximate surface area is 102 Å². The minimum atomic E-state index is 0.0161. The van der Waals surface area contributed by atoms with E-state index in [-0.39, 0.29) is 5.60 Å². The molecule has 0 radical (unpaired) electrons. The van der Waals surface area contributed by atoms with Gasteiger partial charge in [-0.2, -0.15) is 0 Å². The van der Waals surface area contributed by atoms with E-state index in [1.807, 2.05) is 0 Å². The summed E-state index contributed by atoms with van der Waals surface area (Å²) in [5, 5.41) is 0. The lowest BCUT2D eigenvalue weighted by molar-refractivity contribution is -0.174. The molecule has 2 saturated carbocycles. The first-order chi connectivity index (χ1) is 6.94. The van der Waals surface area contributed by atoms with Crippen LogP contribution in [0, 0.1) is 5.41 Å². The van der Waals surface area contributed by atoms with Crippen molar-refractivity contribution < 1.29 is 4.74 Å². The van der Waals surface area contributed by atoms with Crippen molar-refractivity contribution in [2.45, 2.75) is 75.8 Å². The molecule has 0 aromatic carbocycles. The van der Waals surface area contributed by atoms with Crippen LogP contribution in [-0.2, 0) is 4.74 Å². The Kier molecular flexibility index (Phi) is 3.20. The molecule has 0 aromatic heterocycles. The summed E-state index contributed by atoms with van der Waals surface area (Å²) in [6, 6.07) is 0. The Hall–Kier alpha value is 0.440. The van der Waals surface area contributed by atoms with Gasteiger partial charge in [-0.15, -0.1) is 0 Å². The lowest BCUT2D eigenvalue weighted by Crippen LogP contribution is -2.58. The molecule has 0 heterocycles. The summed E-state index contributed by atoms with van der Waals surface area (Å²) >= 11 is 3.85. The molecular formula is C13H23BrO. The first-order valence-electron chi connectivity index (χ1n) is 6.26. The second kappa shape index (κ2) is 4.03. The highest BCUT2D eigenvalue weighted by molar-refractivity contribution is 9.09. The molecule has 0 N–H and O–H groups in total. The van der Waals surface area contributed by atoms with E-state index in [0.717, 1.165) is 0 Å². The number of hydrogen-bond donors (Lipinski definition) is 0. The van der Waals surface area contributed by atoms with Crippen molar-refractivity contribution in [3.05, 3.63) is 0 Å². The summed E-state index contributed by atoms with van der Waals surface area (Å²) in [5.74, 6) is 0. The van der Waals surface area contributed by atoms with Crippen LogP contribution >= 0.6 is 15.9 Å². The number of hydrogen-bond acceptors (Lipinski definition) is 1. The van der Waals surface area contributed by atoms with Crippen molar-refractivity contribution in [3.8, 4) is 0 Å². The van der Waals surface area contributed by atoms with Gasteiger partial charge in [-0.05, 0) is 40.0 Å². The maximum absolute atomic E-state index is 6.21. The zero-order chi connectivity index (χ0) is 11.1. The highest BCUT2D eigenvalue weighted by Gasteiger charge is 2.55. The summed E-state index contributed by atoms with van der Waals surface area (Å²) in [7, 11) is 0. The first-order valence-corrected chi connectivity index (χ1v) is 7.17. The fourth-order valence-corrected chi connectivity index (χ4v) is 4.23. The van der Waals surface area contributed by atoms with Crippen LogP contribution in [0.5, 0.6) is 0 Å². The molecule has 15 heavy (non-hydrogen) atoms. The third-order valence-electron chi connectivity index (χ3n) is 3.97. The predicted molar refractivity (Wildman–Crippen MR) is 67.5 cm³/mol. The SMILES string of the molecule is CC(C)(C)OC1CC(Br)C12CCCCC2. The van der Waals surface area contributed by atoms with Gasteiger partial charge in [0, 0.05) is 10.2 Å². The van der Waals surface area contributed by atoms with Gasteiger partial charge in [-0.3, -0.25) is 0 Å². The fourth-order valence-electron chi connectivity index (χ4n) is 3.14. The topological polar surface area (TPSA) is 9.23 Å². The van der Waals surface area contributed by atoms with Gasteiger partial charge >= 0.3 is 0 Å². The van der Waals surface area contributed by atoms with Crippen LogP contribution in [0.2, 0.25) is 0 Å². The number of alkyl halides is 1. The second-order valence-corrected chi connectivity index (χ2v) is 7.32. The summed E-state index contributed by atoms with van der Waals surface area (Å²) in [6.45, 7) is 6.52. The zero-order valence-corrected chi connectivity index (χ0v) is 11.8. The van der Waals surface area contributed by atoms with Crippen LogP contribution in [-0.4, -0.2) is 16.5 Å². The standard InChI is InChI=1S/C13H23BrO/c1-12(2,3)15-11-9-10(14)13(11)7-5-4-6-8-13/h10-11H,4-9H2,1-3H3. The predicted octanol–water partition coefficient (Wildman–Crippen LogP) is 4.29. The molecule has 2 rings (SSSR count). The lowest BCUT2D eigenvalue weighted by Gasteiger charge is -2.57. The maximum atomic E-state index is 6.21. The molecule has 0 aromatic rings. The molecule has 2 aliphatic carbocycles. The van der Waals surface area contributed by atoms with E-state index in [4.69, 9.17) is 4.74 Å². The highest BCUT2D eigenvalue weighted by Crippen LogP contribution is 2.57. The van der Waals surface area contributed by atoms with Gasteiger partial charge in [0.05, 0.1) is 11.7 Å². The van der Waals surface area contributed by atoms with Gasteiger partial charge in [-0.1, -0.05) is 35.2 Å². The summed E-state index contributed by atoms with van der Waals surface area (Å²) < 4.78 is 6.21. The normalized spacial score (nSPS) is 35.2. The molecule has 0 aliphatic heterocycles. The van der Waals surface area contributed by atoms with Gasteiger partial charge in [0.25, 0.3) is 0 Å². The molecule has 0 bridgehead atoms. The monoisotopic (exact) mass is 274 g/mol. The average Bonchev–Trinajstić information content (AvgIpc) is 2.17. The minimum absolute atomic E-state index is 0.0161. The van der Waals surface area contributed by atoms with E-state index in [1.54, 1.807) is 0 Å². The van der Waals surface area contributed by atoms with Crippen LogP contribution in [0.15, 0.2) is 0 Å². The van der Waals surface area contributed by atoms with Crippen molar-refractivity contribution in [2.75, 3.05) is 0 Å². The largest absolute Gasteiger partial charge is 0.372 e. The molecule has 2 aliphatic rings. The van der Waals surface area contributed by atoms with E-state index >= 15 is 0 Å². The molecule has 2 atom stereocenters. The van der Waals surface area contributed by atoms with Crippen LogP contribution < -0.4 is 0 Å². The van der Waals surface area contributed by atoms with Crippen molar-refractivity contribution in [3.63, 3.8) is 0 Å². The van der Waals surface area contributed by atoms with E-state index in [1.165, 1.54) is 38.5 Å². The summed E-state index contributed by atoms with van der Waals surface area (Å²) in [5.41, 5.74) is 0.494. The Morgan fingerprint density at radius 2 is 1.73 bits per heavy atom. The second-order valence-electron chi connectivity index (χ2n) is 6.22. The van der Waals surface area contributed by atoms with Gasteiger partial charge in [0.1, 0.15) is 0 Å². The summed E-state index contributed by atoms with van der Waals surface area (Å²) in [4.78, 5) is 0.706. The molecule has 88 valence electrons. The molecular weight excluding hydrogens is 252 g/mol. The van der Waals surface area contributed by atoms with Gasteiger partial charge in [-0.25, -0.2) is 0 Å². The smallest absolute Gasteiger partial charge is 0.0660 e. The van der Waals surface area contributed by atoms with Crippen LogP contribution in [0.4, 0.5) is 0 Å². The lowest BCUT2D eigenvalue weighted by atomic mass is 9.58. The van der Waals surface area contributed by atoms with Gasteiger partial charge < -0.3 is 4.74 Å². The first kappa shape index (κ1) is 11.9. The third kappa shape index (κ3) is 2.26. The van der Waals surface area contributed by atoms with Crippen molar-refractivity contribution >= 4 is 15.9 Å². The number of ether oxygens (including phenoxy) is 1. The summed E-state index contributed by atoms with van der Waals surface area (Å²) in [6.07, 6.45) is 8.65. The molecule has 2 unspecified atom stereocenters. The van der Waals surface area contributed by atoms with E-state index in [0.29, 0.717) is 16.3 Å². The molecule has 1 nitrogen and oxygen atoms in total. The average molecular weight is 275 g/mol. The minimum Gasteiger partial charge on any atom is -0.372 e. The van der Waals surface area contributed by atoms with Crippen LogP contribution in [0.25, 0.3) is 0 Å². The van der Waals surface area contributed by atoms with Crippen LogP contribution in [0.3, 0.4) is 0 Å². The fraction of sp³-hybridized carbons (Fsp3) is 1.00. The number of halogens is 1. The van der Waals surface area contributed by atoms with E-state index < -0.39 is 0 Å². The van der Waals surface area contributed by atoms with Crippen molar-refractivity contribution in [1.82, 2.24) is 0 Å².